The van der Waals surface area contributed by atoms with Gasteiger partial charge in [-0.2, -0.15) is 21.0 Å². The van der Waals surface area contributed by atoms with Crippen LogP contribution in [0.25, 0.3) is 11.4 Å². The first-order chi connectivity index (χ1) is 16.9. The van der Waals surface area contributed by atoms with Crippen molar-refractivity contribution < 1.29 is 9.59 Å². The van der Waals surface area contributed by atoms with Crippen LogP contribution in [0.1, 0.15) is 17.5 Å². The number of hydrogen-bond acceptors (Lipinski definition) is 8. The number of rotatable bonds is 8. The Bertz CT molecular complexity index is 1180. The first kappa shape index (κ1) is 25.7. The largest absolute Gasteiger partial charge is 0.286 e. The molecule has 0 heterocycles. The zero-order chi connectivity index (χ0) is 25.8. The van der Waals surface area contributed by atoms with E-state index in [-0.39, 0.29) is 22.5 Å². The van der Waals surface area contributed by atoms with Crippen molar-refractivity contribution in [2.75, 3.05) is 14.1 Å². The van der Waals surface area contributed by atoms with Crippen LogP contribution in [0.5, 0.6) is 0 Å². The van der Waals surface area contributed by atoms with Crippen LogP contribution < -0.4 is 10.9 Å². The Hall–Kier alpha value is -5.58. The van der Waals surface area contributed by atoms with Crippen LogP contribution in [0.15, 0.2) is 71.8 Å². The van der Waals surface area contributed by atoms with Gasteiger partial charge in [-0.05, 0) is 0 Å². The van der Waals surface area contributed by atoms with Crippen molar-refractivity contribution >= 4 is 23.2 Å². The lowest BCUT2D eigenvalue weighted by atomic mass is 10.1. The summed E-state index contributed by atoms with van der Waals surface area (Å²) in [4.78, 5) is 25.1. The fourth-order valence-electron chi connectivity index (χ4n) is 3.18. The second-order valence-electron chi connectivity index (χ2n) is 6.99. The van der Waals surface area contributed by atoms with Crippen LogP contribution in [0.3, 0.4) is 0 Å². The summed E-state index contributed by atoms with van der Waals surface area (Å²) in [7, 11) is 2.89. The maximum atomic E-state index is 12.5. The van der Waals surface area contributed by atoms with Crippen molar-refractivity contribution in [2.45, 2.75) is 6.42 Å². The summed E-state index contributed by atoms with van der Waals surface area (Å²) < 4.78 is 0. The van der Waals surface area contributed by atoms with E-state index in [4.69, 9.17) is 0 Å². The van der Waals surface area contributed by atoms with Gasteiger partial charge in [0.1, 0.15) is 30.7 Å². The van der Waals surface area contributed by atoms with Crippen LogP contribution in [0.2, 0.25) is 0 Å². The summed E-state index contributed by atoms with van der Waals surface area (Å²) in [6.45, 7) is 0. The zero-order valence-corrected chi connectivity index (χ0v) is 19.0. The third-order valence-corrected chi connectivity index (χ3v) is 4.59. The molecule has 2 rings (SSSR count). The van der Waals surface area contributed by atoms with E-state index in [1.54, 1.807) is 84.9 Å². The van der Waals surface area contributed by atoms with Crippen LogP contribution in [-0.2, 0) is 9.59 Å². The summed E-state index contributed by atoms with van der Waals surface area (Å²) >= 11 is 0. The SMILES string of the molecule is CN(NC(=O)CC(=O)NN(C)C(=C(C#N)C#N)c1ccccc1)C(=C(C#N)C#N)c1ccccc1. The summed E-state index contributed by atoms with van der Waals surface area (Å²) in [5.41, 5.74) is 5.90. The van der Waals surface area contributed by atoms with Gasteiger partial charge in [0.05, 0.1) is 11.4 Å². The fraction of sp³-hybridized carbons (Fsp3) is 0.120. The van der Waals surface area contributed by atoms with Crippen LogP contribution in [-0.4, -0.2) is 35.9 Å². The average Bonchev–Trinajstić information content (AvgIpc) is 2.86. The molecule has 0 atom stereocenters. The van der Waals surface area contributed by atoms with Crippen molar-refractivity contribution in [1.29, 1.82) is 21.0 Å². The molecule has 0 bridgehead atoms. The maximum absolute atomic E-state index is 12.5. The molecule has 0 aliphatic heterocycles. The molecule has 0 fully saturated rings. The Morgan fingerprint density at radius 1 is 0.657 bits per heavy atom. The first-order valence-electron chi connectivity index (χ1n) is 10.1. The molecule has 10 heteroatoms. The molecule has 35 heavy (non-hydrogen) atoms. The number of hydrazine groups is 2. The number of nitrogens with zero attached hydrogens (tertiary/aromatic N) is 6. The molecule has 2 amide bonds. The quantitative estimate of drug-likeness (QED) is 0.342. The highest BCUT2D eigenvalue weighted by Crippen LogP contribution is 2.21. The van der Waals surface area contributed by atoms with Gasteiger partial charge in [0.25, 0.3) is 0 Å². The first-order valence-corrected chi connectivity index (χ1v) is 10.1. The Morgan fingerprint density at radius 3 is 1.26 bits per heavy atom. The highest BCUT2D eigenvalue weighted by Gasteiger charge is 2.20. The van der Waals surface area contributed by atoms with E-state index >= 15 is 0 Å². The highest BCUT2D eigenvalue weighted by atomic mass is 16.2. The van der Waals surface area contributed by atoms with Gasteiger partial charge >= 0.3 is 0 Å². The second-order valence-corrected chi connectivity index (χ2v) is 6.99. The van der Waals surface area contributed by atoms with E-state index in [2.05, 4.69) is 10.9 Å². The van der Waals surface area contributed by atoms with E-state index in [9.17, 15) is 30.6 Å². The number of nitrogens with one attached hydrogen (secondary N) is 2. The summed E-state index contributed by atoms with van der Waals surface area (Å²) in [5.74, 6) is -1.43. The molecule has 10 nitrogen and oxygen atoms in total. The van der Waals surface area contributed by atoms with Crippen LogP contribution in [0, 0.1) is 45.3 Å². The van der Waals surface area contributed by atoms with E-state index in [0.29, 0.717) is 11.1 Å². The number of nitriles is 4. The van der Waals surface area contributed by atoms with E-state index < -0.39 is 18.2 Å². The molecule has 0 aromatic heterocycles. The molecule has 0 unspecified atom stereocenters. The lowest BCUT2D eigenvalue weighted by Crippen LogP contribution is -2.44. The second kappa shape index (κ2) is 12.5. The molecule has 0 radical (unpaired) electrons. The Labute approximate surface area is 202 Å². The van der Waals surface area contributed by atoms with E-state index in [1.165, 1.54) is 24.1 Å². The third-order valence-electron chi connectivity index (χ3n) is 4.59. The molecular weight excluding hydrogens is 444 g/mol. The maximum Gasteiger partial charge on any atom is 0.247 e. The standard InChI is InChI=1S/C25H20N8O2/c1-32(24(20(14-26)15-27)18-9-5-3-6-10-18)30-22(34)13-23(35)31-33(2)25(21(16-28)17-29)19-11-7-4-8-12-19/h3-12H,13H2,1-2H3,(H,30,34)(H,31,35). The smallest absolute Gasteiger partial charge is 0.247 e. The molecule has 0 saturated carbocycles. The summed E-state index contributed by atoms with van der Waals surface area (Å²) in [5, 5.41) is 39.7. The van der Waals surface area contributed by atoms with Crippen molar-refractivity contribution in [3.8, 4) is 24.3 Å². The highest BCUT2D eigenvalue weighted by molar-refractivity contribution is 5.97. The van der Waals surface area contributed by atoms with Crippen molar-refractivity contribution in [3.63, 3.8) is 0 Å². The Morgan fingerprint density at radius 2 is 0.971 bits per heavy atom. The van der Waals surface area contributed by atoms with Gasteiger partial charge in [0.15, 0.2) is 11.1 Å². The molecule has 0 aliphatic rings. The van der Waals surface area contributed by atoms with Crippen molar-refractivity contribution in [1.82, 2.24) is 20.9 Å². The van der Waals surface area contributed by atoms with Crippen LogP contribution >= 0.6 is 0 Å². The monoisotopic (exact) mass is 464 g/mol. The van der Waals surface area contributed by atoms with Gasteiger partial charge in [-0.3, -0.25) is 30.5 Å². The van der Waals surface area contributed by atoms with Gasteiger partial charge in [-0.15, -0.1) is 0 Å². The normalized spacial score (nSPS) is 9.09. The molecule has 0 saturated heterocycles. The number of benzene rings is 2. The number of allylic oxidation sites excluding steroid dienone is 2. The molecule has 172 valence electrons. The predicted octanol–water partition coefficient (Wildman–Crippen LogP) is 2.22. The molecule has 0 spiro atoms. The minimum atomic E-state index is -0.715. The Kier molecular flexibility index (Phi) is 9.14. The molecule has 2 aromatic rings. The third kappa shape index (κ3) is 6.70. The van der Waals surface area contributed by atoms with Crippen molar-refractivity contribution in [3.05, 3.63) is 82.9 Å². The van der Waals surface area contributed by atoms with Crippen LogP contribution in [0.4, 0.5) is 0 Å². The lowest BCUT2D eigenvalue weighted by molar-refractivity contribution is -0.132. The number of amides is 2. The summed E-state index contributed by atoms with van der Waals surface area (Å²) in [6.07, 6.45) is -0.609. The Balaban J connectivity index is 2.17. The molecular formula is C25H20N8O2. The minimum Gasteiger partial charge on any atom is -0.286 e. The predicted molar refractivity (Wildman–Crippen MR) is 126 cm³/mol. The lowest BCUT2D eigenvalue weighted by Gasteiger charge is -2.25. The summed E-state index contributed by atoms with van der Waals surface area (Å²) in [6, 6.07) is 24.3. The number of hydrogen-bond donors (Lipinski definition) is 2. The number of carbonyl (C=O) groups is 2. The zero-order valence-electron chi connectivity index (χ0n) is 19.0. The van der Waals surface area contributed by atoms with Gasteiger partial charge in [-0.1, -0.05) is 60.7 Å². The van der Waals surface area contributed by atoms with E-state index in [0.717, 1.165) is 0 Å². The van der Waals surface area contributed by atoms with E-state index in [1.807, 2.05) is 0 Å². The topological polar surface area (TPSA) is 160 Å². The minimum absolute atomic E-state index is 0.170. The number of carbonyl (C=O) groups excluding carboxylic acids is 2. The average molecular weight is 464 g/mol. The van der Waals surface area contributed by atoms with Gasteiger partial charge in [0.2, 0.25) is 11.8 Å². The fourth-order valence-corrected chi connectivity index (χ4v) is 3.18. The van der Waals surface area contributed by atoms with Gasteiger partial charge < -0.3 is 0 Å². The molecule has 2 aromatic carbocycles. The molecule has 0 aliphatic carbocycles. The molecule has 2 N–H and O–H groups in total. The van der Waals surface area contributed by atoms with Crippen molar-refractivity contribution in [2.24, 2.45) is 0 Å². The van der Waals surface area contributed by atoms with Gasteiger partial charge in [0, 0.05) is 25.2 Å². The van der Waals surface area contributed by atoms with Gasteiger partial charge in [-0.25, -0.2) is 0 Å².